The molecule has 0 bridgehead atoms. The lowest BCUT2D eigenvalue weighted by Crippen LogP contribution is -2.11. The minimum Gasteiger partial charge on any atom is -0.466 e. The van der Waals surface area contributed by atoms with Gasteiger partial charge < -0.3 is 9.30 Å². The van der Waals surface area contributed by atoms with E-state index < -0.39 is 0 Å². The third-order valence-corrected chi connectivity index (χ3v) is 4.50. The molecule has 1 aromatic heterocycles. The number of aromatic nitrogens is 1. The van der Waals surface area contributed by atoms with Crippen molar-refractivity contribution in [3.05, 3.63) is 71.1 Å². The number of allylic oxidation sites excluding steroid dienone is 1. The van der Waals surface area contributed by atoms with Crippen molar-refractivity contribution in [3.8, 4) is 0 Å². The summed E-state index contributed by atoms with van der Waals surface area (Å²) in [5.41, 5.74) is 4.38. The van der Waals surface area contributed by atoms with Gasteiger partial charge in [-0.2, -0.15) is 0 Å². The molecular formula is C19H21NO2. The van der Waals surface area contributed by atoms with Crippen molar-refractivity contribution in [1.82, 2.24) is 4.57 Å². The second-order valence-electron chi connectivity index (χ2n) is 5.87. The van der Waals surface area contributed by atoms with E-state index in [1.807, 2.05) is 18.2 Å². The summed E-state index contributed by atoms with van der Waals surface area (Å²) in [6.07, 6.45) is 2.97. The summed E-state index contributed by atoms with van der Waals surface area (Å²) in [4.78, 5) is 12.2. The van der Waals surface area contributed by atoms with Crippen molar-refractivity contribution < 1.29 is 9.53 Å². The molecule has 0 saturated heterocycles. The standard InChI is InChI=1S/C19H21NO2/c1-13-9-10-14(2)20(13)16-11-17(15-7-5-4-6-8-15)18(12-16)19(21)22-3/h4-10,12,16-17H,11H2,1-3H3/t16?,17-/m0/s1. The molecule has 0 amide bonds. The largest absolute Gasteiger partial charge is 0.466 e. The van der Waals surface area contributed by atoms with E-state index in [4.69, 9.17) is 4.74 Å². The van der Waals surface area contributed by atoms with Gasteiger partial charge in [-0.1, -0.05) is 36.4 Å². The van der Waals surface area contributed by atoms with Gasteiger partial charge in [-0.15, -0.1) is 0 Å². The lowest BCUT2D eigenvalue weighted by atomic mass is 9.92. The summed E-state index contributed by atoms with van der Waals surface area (Å²) in [6.45, 7) is 4.21. The Balaban J connectivity index is 2.00. The summed E-state index contributed by atoms with van der Waals surface area (Å²) >= 11 is 0. The number of esters is 1. The van der Waals surface area contributed by atoms with Crippen LogP contribution in [-0.4, -0.2) is 17.6 Å². The van der Waals surface area contributed by atoms with E-state index in [1.54, 1.807) is 0 Å². The molecule has 1 aromatic carbocycles. The predicted molar refractivity (Wildman–Crippen MR) is 86.8 cm³/mol. The molecule has 114 valence electrons. The fourth-order valence-electron chi connectivity index (χ4n) is 3.47. The van der Waals surface area contributed by atoms with E-state index in [0.29, 0.717) is 0 Å². The van der Waals surface area contributed by atoms with Gasteiger partial charge in [-0.25, -0.2) is 4.79 Å². The van der Waals surface area contributed by atoms with Crippen LogP contribution in [0.25, 0.3) is 0 Å². The molecule has 2 atom stereocenters. The average molecular weight is 295 g/mol. The molecule has 3 heteroatoms. The zero-order valence-electron chi connectivity index (χ0n) is 13.2. The van der Waals surface area contributed by atoms with Crippen molar-refractivity contribution >= 4 is 5.97 Å². The van der Waals surface area contributed by atoms with Crippen molar-refractivity contribution in [2.45, 2.75) is 32.2 Å². The fourth-order valence-corrected chi connectivity index (χ4v) is 3.47. The van der Waals surface area contributed by atoms with Crippen LogP contribution in [0.4, 0.5) is 0 Å². The Morgan fingerprint density at radius 1 is 1.09 bits per heavy atom. The number of hydrogen-bond acceptors (Lipinski definition) is 2. The zero-order chi connectivity index (χ0) is 15.7. The molecule has 0 saturated carbocycles. The van der Waals surface area contributed by atoms with Gasteiger partial charge in [0.15, 0.2) is 0 Å². The van der Waals surface area contributed by atoms with Crippen LogP contribution in [0.3, 0.4) is 0 Å². The van der Waals surface area contributed by atoms with Crippen LogP contribution in [0.2, 0.25) is 0 Å². The molecule has 1 aliphatic carbocycles. The van der Waals surface area contributed by atoms with Crippen molar-refractivity contribution in [2.75, 3.05) is 7.11 Å². The Bertz CT molecular complexity index is 693. The van der Waals surface area contributed by atoms with Gasteiger partial charge in [0.05, 0.1) is 13.2 Å². The summed E-state index contributed by atoms with van der Waals surface area (Å²) in [5.74, 6) is -0.126. The highest BCUT2D eigenvalue weighted by atomic mass is 16.5. The Morgan fingerprint density at radius 2 is 1.73 bits per heavy atom. The Morgan fingerprint density at radius 3 is 2.32 bits per heavy atom. The van der Waals surface area contributed by atoms with Crippen LogP contribution in [0.5, 0.6) is 0 Å². The van der Waals surface area contributed by atoms with Gasteiger partial charge in [0, 0.05) is 22.9 Å². The minimum absolute atomic E-state index is 0.0971. The average Bonchev–Trinajstić information content (AvgIpc) is 3.11. The highest BCUT2D eigenvalue weighted by Gasteiger charge is 2.33. The number of carbonyl (C=O) groups excluding carboxylic acids is 1. The molecule has 1 unspecified atom stereocenters. The number of ether oxygens (including phenoxy) is 1. The Labute approximate surface area is 131 Å². The van der Waals surface area contributed by atoms with Crippen LogP contribution in [0.15, 0.2) is 54.1 Å². The Hall–Kier alpha value is -2.29. The number of methoxy groups -OCH3 is 1. The van der Waals surface area contributed by atoms with Gasteiger partial charge in [-0.05, 0) is 38.0 Å². The van der Waals surface area contributed by atoms with Gasteiger partial charge in [0.2, 0.25) is 0 Å². The number of hydrogen-bond donors (Lipinski definition) is 0. The molecule has 0 fully saturated rings. The number of rotatable bonds is 3. The summed E-state index contributed by atoms with van der Waals surface area (Å²) in [5, 5.41) is 0. The SMILES string of the molecule is COC(=O)C1=CC(n2c(C)ccc2C)C[C@H]1c1ccccc1. The second kappa shape index (κ2) is 5.84. The Kier molecular flexibility index (Phi) is 3.88. The smallest absolute Gasteiger partial charge is 0.334 e. The summed E-state index contributed by atoms with van der Waals surface area (Å²) < 4.78 is 7.29. The fraction of sp³-hybridized carbons (Fsp3) is 0.316. The van der Waals surface area contributed by atoms with E-state index in [2.05, 4.69) is 48.8 Å². The van der Waals surface area contributed by atoms with E-state index in [1.165, 1.54) is 24.1 Å². The second-order valence-corrected chi connectivity index (χ2v) is 5.87. The minimum atomic E-state index is -0.223. The first-order valence-corrected chi connectivity index (χ1v) is 7.61. The van der Waals surface area contributed by atoms with Gasteiger partial charge in [-0.3, -0.25) is 0 Å². The van der Waals surface area contributed by atoms with Crippen LogP contribution < -0.4 is 0 Å². The molecule has 3 nitrogen and oxygen atoms in total. The van der Waals surface area contributed by atoms with Gasteiger partial charge >= 0.3 is 5.97 Å². The maximum Gasteiger partial charge on any atom is 0.334 e. The maximum atomic E-state index is 12.2. The van der Waals surface area contributed by atoms with Crippen molar-refractivity contribution in [3.63, 3.8) is 0 Å². The molecule has 1 heterocycles. The van der Waals surface area contributed by atoms with E-state index in [-0.39, 0.29) is 17.9 Å². The highest BCUT2D eigenvalue weighted by Crippen LogP contribution is 2.42. The van der Waals surface area contributed by atoms with E-state index in [0.717, 1.165) is 12.0 Å². The molecule has 0 spiro atoms. The van der Waals surface area contributed by atoms with Crippen LogP contribution in [0, 0.1) is 13.8 Å². The van der Waals surface area contributed by atoms with Crippen LogP contribution >= 0.6 is 0 Å². The summed E-state index contributed by atoms with van der Waals surface area (Å²) in [7, 11) is 1.45. The third-order valence-electron chi connectivity index (χ3n) is 4.50. The molecule has 1 aliphatic rings. The van der Waals surface area contributed by atoms with Crippen molar-refractivity contribution in [2.24, 2.45) is 0 Å². The number of aryl methyl sites for hydroxylation is 2. The lowest BCUT2D eigenvalue weighted by Gasteiger charge is -2.18. The van der Waals surface area contributed by atoms with Gasteiger partial charge in [0.25, 0.3) is 0 Å². The number of carbonyl (C=O) groups is 1. The molecular weight excluding hydrogens is 274 g/mol. The first-order valence-electron chi connectivity index (χ1n) is 7.61. The lowest BCUT2D eigenvalue weighted by molar-refractivity contribution is -0.136. The van der Waals surface area contributed by atoms with Gasteiger partial charge in [0.1, 0.15) is 0 Å². The highest BCUT2D eigenvalue weighted by molar-refractivity contribution is 5.91. The van der Waals surface area contributed by atoms with Crippen LogP contribution in [-0.2, 0) is 9.53 Å². The molecule has 0 N–H and O–H groups in total. The quantitative estimate of drug-likeness (QED) is 0.803. The van der Waals surface area contributed by atoms with Crippen molar-refractivity contribution in [1.29, 1.82) is 0 Å². The third kappa shape index (κ3) is 2.47. The number of nitrogens with zero attached hydrogens (tertiary/aromatic N) is 1. The molecule has 0 aliphatic heterocycles. The predicted octanol–water partition coefficient (Wildman–Crippen LogP) is 3.93. The monoisotopic (exact) mass is 295 g/mol. The number of benzene rings is 1. The topological polar surface area (TPSA) is 31.2 Å². The van der Waals surface area contributed by atoms with E-state index >= 15 is 0 Å². The molecule has 3 rings (SSSR count). The zero-order valence-corrected chi connectivity index (χ0v) is 13.2. The first-order chi connectivity index (χ1) is 10.6. The maximum absolute atomic E-state index is 12.2. The van der Waals surface area contributed by atoms with Crippen LogP contribution in [0.1, 0.15) is 35.3 Å². The molecule has 2 aromatic rings. The molecule has 22 heavy (non-hydrogen) atoms. The molecule has 0 radical (unpaired) electrons. The van der Waals surface area contributed by atoms with E-state index in [9.17, 15) is 4.79 Å². The normalized spacial score (nSPS) is 20.8. The summed E-state index contributed by atoms with van der Waals surface area (Å²) in [6, 6.07) is 14.6. The first kappa shape index (κ1) is 14.6.